The second kappa shape index (κ2) is 7.50. The van der Waals surface area contributed by atoms with Gasteiger partial charge in [0.2, 0.25) is 10.0 Å². The maximum Gasteiger partial charge on any atom is 0.243 e. The molecule has 2 aromatic rings. The predicted molar refractivity (Wildman–Crippen MR) is 109 cm³/mol. The minimum absolute atomic E-state index is 0.0204. The zero-order chi connectivity index (χ0) is 18.1. The molecule has 2 atom stereocenters. The van der Waals surface area contributed by atoms with Gasteiger partial charge < -0.3 is 4.90 Å². The van der Waals surface area contributed by atoms with Crippen molar-refractivity contribution in [3.63, 3.8) is 0 Å². The average molecular weight is 391 g/mol. The summed E-state index contributed by atoms with van der Waals surface area (Å²) in [7, 11) is -3.51. The second-order valence-corrected chi connectivity index (χ2v) is 10.1. The Hall–Kier alpha value is -1.08. The molecule has 2 aliphatic heterocycles. The van der Waals surface area contributed by atoms with E-state index in [4.69, 9.17) is 0 Å². The average Bonchev–Trinajstić information content (AvgIpc) is 3.03. The summed E-state index contributed by atoms with van der Waals surface area (Å²) >= 11 is 4.61. The molecule has 0 aliphatic carbocycles. The summed E-state index contributed by atoms with van der Waals surface area (Å²) in [5.41, 5.74) is 0. The van der Waals surface area contributed by atoms with Crippen LogP contribution >= 0.6 is 12.6 Å². The monoisotopic (exact) mass is 390 g/mol. The van der Waals surface area contributed by atoms with E-state index in [9.17, 15) is 8.42 Å². The first-order valence-corrected chi connectivity index (χ1v) is 11.4. The minimum atomic E-state index is -3.51. The Labute approximate surface area is 161 Å². The van der Waals surface area contributed by atoms with Gasteiger partial charge in [0.25, 0.3) is 0 Å². The molecule has 0 aromatic heterocycles. The quantitative estimate of drug-likeness (QED) is 0.814. The molecular formula is C20H26N2O2S2. The molecule has 2 heterocycles. The lowest BCUT2D eigenvalue weighted by Crippen LogP contribution is -2.44. The van der Waals surface area contributed by atoms with Gasteiger partial charge in [0, 0.05) is 24.4 Å². The van der Waals surface area contributed by atoms with Crippen LogP contribution in [0.15, 0.2) is 47.4 Å². The Morgan fingerprint density at radius 1 is 1.00 bits per heavy atom. The van der Waals surface area contributed by atoms with E-state index in [2.05, 4.69) is 17.5 Å². The standard InChI is InChI=1S/C20H26N2O2S2/c23-26(24,20-9-8-16-6-2-3-7-17(16)12-20)22-15-19(25)13-18(22)14-21-10-4-1-5-11-21/h2-3,6-9,12,18-19,25H,1,4-5,10-11,13-15H2/t18-,19+/m0/s1. The van der Waals surface area contributed by atoms with E-state index in [-0.39, 0.29) is 11.3 Å². The number of thiol groups is 1. The lowest BCUT2D eigenvalue weighted by molar-refractivity contribution is 0.189. The summed E-state index contributed by atoms with van der Waals surface area (Å²) in [4.78, 5) is 2.81. The van der Waals surface area contributed by atoms with Gasteiger partial charge in [0.15, 0.2) is 0 Å². The smallest absolute Gasteiger partial charge is 0.243 e. The van der Waals surface area contributed by atoms with Crippen molar-refractivity contribution in [2.75, 3.05) is 26.2 Å². The van der Waals surface area contributed by atoms with E-state index in [0.29, 0.717) is 11.4 Å². The van der Waals surface area contributed by atoms with E-state index in [1.54, 1.807) is 16.4 Å². The van der Waals surface area contributed by atoms with Gasteiger partial charge in [0.1, 0.15) is 0 Å². The van der Waals surface area contributed by atoms with Crippen LogP contribution in [0.4, 0.5) is 0 Å². The molecule has 0 amide bonds. The van der Waals surface area contributed by atoms with Crippen LogP contribution in [0.25, 0.3) is 10.8 Å². The Kier molecular flexibility index (Phi) is 5.28. The molecule has 2 aromatic carbocycles. The third-order valence-corrected chi connectivity index (χ3v) is 7.88. The van der Waals surface area contributed by atoms with E-state index in [1.807, 2.05) is 30.3 Å². The summed E-state index contributed by atoms with van der Waals surface area (Å²) in [6.07, 6.45) is 4.55. The van der Waals surface area contributed by atoms with Gasteiger partial charge in [-0.25, -0.2) is 8.42 Å². The number of benzene rings is 2. The number of likely N-dealkylation sites (tertiary alicyclic amines) is 1. The van der Waals surface area contributed by atoms with Gasteiger partial charge >= 0.3 is 0 Å². The number of piperidine rings is 1. The van der Waals surface area contributed by atoms with Crippen LogP contribution in [-0.4, -0.2) is 55.1 Å². The maximum absolute atomic E-state index is 13.3. The third-order valence-electron chi connectivity index (χ3n) is 5.59. The van der Waals surface area contributed by atoms with Gasteiger partial charge in [0.05, 0.1) is 4.90 Å². The zero-order valence-corrected chi connectivity index (χ0v) is 16.6. The van der Waals surface area contributed by atoms with Gasteiger partial charge in [-0.1, -0.05) is 36.8 Å². The van der Waals surface area contributed by atoms with Crippen molar-refractivity contribution < 1.29 is 8.42 Å². The number of sulfonamides is 1. The second-order valence-electron chi connectivity index (χ2n) is 7.49. The van der Waals surface area contributed by atoms with Crippen LogP contribution in [0.1, 0.15) is 25.7 Å². The number of fused-ring (bicyclic) bond motifs is 1. The number of hydrogen-bond donors (Lipinski definition) is 1. The number of hydrogen-bond acceptors (Lipinski definition) is 4. The van der Waals surface area contributed by atoms with Crippen molar-refractivity contribution in [3.05, 3.63) is 42.5 Å². The summed E-state index contributed by atoms with van der Waals surface area (Å²) < 4.78 is 28.4. The van der Waals surface area contributed by atoms with Gasteiger partial charge in [-0.2, -0.15) is 16.9 Å². The first kappa shape index (κ1) is 18.3. The van der Waals surface area contributed by atoms with Crippen molar-refractivity contribution in [2.24, 2.45) is 0 Å². The molecule has 2 aliphatic rings. The highest BCUT2D eigenvalue weighted by atomic mass is 32.2. The van der Waals surface area contributed by atoms with E-state index in [1.165, 1.54) is 19.3 Å². The number of nitrogens with zero attached hydrogens (tertiary/aromatic N) is 2. The molecule has 6 heteroatoms. The molecule has 0 N–H and O–H groups in total. The molecule has 0 saturated carbocycles. The van der Waals surface area contributed by atoms with Crippen LogP contribution in [0.3, 0.4) is 0 Å². The lowest BCUT2D eigenvalue weighted by atomic mass is 10.1. The molecular weight excluding hydrogens is 364 g/mol. The van der Waals surface area contributed by atoms with Crippen LogP contribution in [0, 0.1) is 0 Å². The van der Waals surface area contributed by atoms with Crippen molar-refractivity contribution >= 4 is 33.4 Å². The Morgan fingerprint density at radius 3 is 2.50 bits per heavy atom. The van der Waals surface area contributed by atoms with E-state index >= 15 is 0 Å². The predicted octanol–water partition coefficient (Wildman–Crippen LogP) is 3.39. The summed E-state index contributed by atoms with van der Waals surface area (Å²) in [5, 5.41) is 2.13. The van der Waals surface area contributed by atoms with Crippen molar-refractivity contribution in [1.82, 2.24) is 9.21 Å². The van der Waals surface area contributed by atoms with Gasteiger partial charge in [-0.3, -0.25) is 0 Å². The fourth-order valence-corrected chi connectivity index (χ4v) is 6.46. The molecule has 4 nitrogen and oxygen atoms in total. The fraction of sp³-hybridized carbons (Fsp3) is 0.500. The summed E-state index contributed by atoms with van der Waals surface area (Å²) in [5.74, 6) is 0. The Balaban J connectivity index is 1.61. The first-order valence-electron chi connectivity index (χ1n) is 9.45. The topological polar surface area (TPSA) is 40.6 Å². The van der Waals surface area contributed by atoms with Gasteiger partial charge in [-0.15, -0.1) is 0 Å². The van der Waals surface area contributed by atoms with E-state index < -0.39 is 10.0 Å². The molecule has 4 rings (SSSR count). The van der Waals surface area contributed by atoms with Crippen molar-refractivity contribution in [1.29, 1.82) is 0 Å². The van der Waals surface area contributed by atoms with Gasteiger partial charge in [-0.05, 0) is 55.3 Å². The molecule has 0 radical (unpaired) electrons. The van der Waals surface area contributed by atoms with Crippen LogP contribution < -0.4 is 0 Å². The van der Waals surface area contributed by atoms with Crippen LogP contribution in [0.2, 0.25) is 0 Å². The first-order chi connectivity index (χ1) is 12.5. The number of rotatable bonds is 4. The lowest BCUT2D eigenvalue weighted by Gasteiger charge is -2.32. The summed E-state index contributed by atoms with van der Waals surface area (Å²) in [6, 6.07) is 13.3. The highest BCUT2D eigenvalue weighted by Crippen LogP contribution is 2.31. The Bertz CT molecular complexity index is 878. The van der Waals surface area contributed by atoms with Crippen molar-refractivity contribution in [2.45, 2.75) is 41.9 Å². The minimum Gasteiger partial charge on any atom is -0.302 e. The largest absolute Gasteiger partial charge is 0.302 e. The van der Waals surface area contributed by atoms with Crippen LogP contribution in [0.5, 0.6) is 0 Å². The van der Waals surface area contributed by atoms with E-state index in [0.717, 1.165) is 36.8 Å². The normalized spacial score (nSPS) is 25.7. The SMILES string of the molecule is O=S(=O)(c1ccc2ccccc2c1)N1C[C@H](S)C[C@H]1CN1CCCCC1. The molecule has 0 spiro atoms. The third kappa shape index (κ3) is 3.65. The molecule has 0 bridgehead atoms. The highest BCUT2D eigenvalue weighted by molar-refractivity contribution is 7.89. The molecule has 26 heavy (non-hydrogen) atoms. The highest BCUT2D eigenvalue weighted by Gasteiger charge is 2.39. The fourth-order valence-electron chi connectivity index (χ4n) is 4.23. The van der Waals surface area contributed by atoms with Crippen LogP contribution in [-0.2, 0) is 10.0 Å². The molecule has 2 fully saturated rings. The molecule has 0 unspecified atom stereocenters. The Morgan fingerprint density at radius 2 is 1.73 bits per heavy atom. The van der Waals surface area contributed by atoms with Crippen molar-refractivity contribution in [3.8, 4) is 0 Å². The molecule has 140 valence electrons. The maximum atomic E-state index is 13.3. The summed E-state index contributed by atoms with van der Waals surface area (Å²) in [6.45, 7) is 3.48. The molecule has 2 saturated heterocycles. The zero-order valence-electron chi connectivity index (χ0n) is 14.9.